The van der Waals surface area contributed by atoms with Gasteiger partial charge in [-0.05, 0) is 25.2 Å². The second kappa shape index (κ2) is 18.6. The van der Waals surface area contributed by atoms with Crippen molar-refractivity contribution in [1.29, 1.82) is 0 Å². The number of carbonyl (C=O) groups is 9. The number of unbranched alkanes of at least 4 members (excludes halogenated alkanes) is 1. The highest BCUT2D eigenvalue weighted by molar-refractivity contribution is 8.00. The highest BCUT2D eigenvalue weighted by Crippen LogP contribution is 2.33. The second-order valence-corrected chi connectivity index (χ2v) is 13.1. The van der Waals surface area contributed by atoms with Crippen LogP contribution in [0.4, 0.5) is 4.79 Å². The largest absolute Gasteiger partial charge is 0.481 e. The lowest BCUT2D eigenvalue weighted by molar-refractivity contribution is -0.147. The Morgan fingerprint density at radius 3 is 1.94 bits per heavy atom. The molecule has 0 saturated carbocycles. The van der Waals surface area contributed by atoms with Gasteiger partial charge in [-0.3, -0.25) is 33.6 Å². The van der Waals surface area contributed by atoms with Crippen LogP contribution in [0.3, 0.4) is 0 Å². The fraction of sp³-hybridized carbons (Fsp3) is 0.679. The van der Waals surface area contributed by atoms with Crippen LogP contribution in [0.25, 0.3) is 0 Å². The van der Waals surface area contributed by atoms with Gasteiger partial charge in [0.15, 0.2) is 0 Å². The standard InChI is InChI=1S/C28H42N6O13S/c1-12(2)22(26(44)31-15(27(45)46)10-21(40)41)33-24(42)13(7-8-19(36)37)30-25(43)14(9-20(38)39)29-18(35)6-4-3-5-17-23-16(11-48-17)32-28(47)34-23/h12-17,22-23H,3-11H2,1-2H3,(H,29,35)(H,30,43)(H,31,44)(H,33,42)(H,36,37)(H,38,39)(H,40,41)(H,45,46)(H2,32,34,47)/t13-,14-,15-,16-,17-,22-,23-/m0/s1. The molecule has 0 unspecified atom stereocenters. The predicted molar refractivity (Wildman–Crippen MR) is 166 cm³/mol. The number of aliphatic carboxylic acids is 4. The average molecular weight is 703 g/mol. The smallest absolute Gasteiger partial charge is 0.326 e. The van der Waals surface area contributed by atoms with Crippen LogP contribution in [-0.4, -0.2) is 121 Å². The van der Waals surface area contributed by atoms with Crippen molar-refractivity contribution in [3.63, 3.8) is 0 Å². The Morgan fingerprint density at radius 1 is 0.750 bits per heavy atom. The van der Waals surface area contributed by atoms with E-state index in [9.17, 15) is 53.4 Å². The van der Waals surface area contributed by atoms with E-state index in [4.69, 9.17) is 10.2 Å². The molecule has 0 aromatic rings. The summed E-state index contributed by atoms with van der Waals surface area (Å²) in [7, 11) is 0. The van der Waals surface area contributed by atoms with Crippen molar-refractivity contribution in [2.45, 2.75) is 107 Å². The monoisotopic (exact) mass is 702 g/mol. The number of thioether (sulfide) groups is 1. The molecule has 2 aliphatic rings. The van der Waals surface area contributed by atoms with Gasteiger partial charge in [-0.2, -0.15) is 11.8 Å². The molecule has 7 atom stereocenters. The van der Waals surface area contributed by atoms with Crippen LogP contribution in [0.2, 0.25) is 0 Å². The SMILES string of the molecule is CC(C)[C@H](NC(=O)[C@H](CCC(=O)O)NC(=O)[C@H](CC(=O)O)NC(=O)CCCC[C@@H]1SC[C@@H]2NC(=O)N[C@@H]21)C(=O)N[C@@H](CC(=O)O)C(=O)O. The molecule has 6 amide bonds. The molecule has 2 aliphatic heterocycles. The minimum atomic E-state index is -1.82. The predicted octanol–water partition coefficient (Wildman–Crippen LogP) is -1.79. The summed E-state index contributed by atoms with van der Waals surface area (Å²) in [6, 6.07) is -6.70. The summed E-state index contributed by atoms with van der Waals surface area (Å²) in [5.74, 6) is -9.72. The molecule has 0 spiro atoms. The van der Waals surface area contributed by atoms with E-state index in [1.165, 1.54) is 13.8 Å². The van der Waals surface area contributed by atoms with E-state index < -0.39 is 103 Å². The summed E-state index contributed by atoms with van der Waals surface area (Å²) >= 11 is 1.71. The van der Waals surface area contributed by atoms with Crippen LogP contribution in [0.15, 0.2) is 0 Å². The summed E-state index contributed by atoms with van der Waals surface area (Å²) in [5.41, 5.74) is 0. The third-order valence-corrected chi connectivity index (χ3v) is 9.14. The van der Waals surface area contributed by atoms with Crippen molar-refractivity contribution in [3.8, 4) is 0 Å². The van der Waals surface area contributed by atoms with Crippen molar-refractivity contribution >= 4 is 65.3 Å². The first kappa shape index (κ1) is 39.6. The average Bonchev–Trinajstić information content (AvgIpc) is 3.53. The van der Waals surface area contributed by atoms with E-state index in [0.717, 1.165) is 5.75 Å². The number of carboxylic acids is 4. The highest BCUT2D eigenvalue weighted by atomic mass is 32.2. The summed E-state index contributed by atoms with van der Waals surface area (Å²) < 4.78 is 0. The molecule has 48 heavy (non-hydrogen) atoms. The maximum absolute atomic E-state index is 13.2. The topological polar surface area (TPSA) is 307 Å². The van der Waals surface area contributed by atoms with E-state index >= 15 is 0 Å². The molecule has 0 aromatic carbocycles. The number of carbonyl (C=O) groups excluding carboxylic acids is 5. The Morgan fingerprint density at radius 2 is 1.35 bits per heavy atom. The summed E-state index contributed by atoms with van der Waals surface area (Å²) in [6.45, 7) is 2.96. The fourth-order valence-corrected chi connectivity index (χ4v) is 6.70. The minimum Gasteiger partial charge on any atom is -0.481 e. The zero-order chi connectivity index (χ0) is 36.1. The first-order chi connectivity index (χ1) is 22.5. The number of hydrogen-bond acceptors (Lipinski definition) is 10. The van der Waals surface area contributed by atoms with Crippen molar-refractivity contribution in [3.05, 3.63) is 0 Å². The Labute approximate surface area is 279 Å². The van der Waals surface area contributed by atoms with Gasteiger partial charge in [-0.1, -0.05) is 20.3 Å². The number of nitrogens with one attached hydrogen (secondary N) is 6. The van der Waals surface area contributed by atoms with Crippen LogP contribution in [0.5, 0.6) is 0 Å². The van der Waals surface area contributed by atoms with E-state index in [0.29, 0.717) is 19.3 Å². The van der Waals surface area contributed by atoms with Crippen molar-refractivity contribution < 1.29 is 63.6 Å². The first-order valence-electron chi connectivity index (χ1n) is 15.3. The highest BCUT2D eigenvalue weighted by Gasteiger charge is 2.42. The fourth-order valence-electron chi connectivity index (χ4n) is 5.16. The van der Waals surface area contributed by atoms with Crippen molar-refractivity contribution in [2.75, 3.05) is 5.75 Å². The quantitative estimate of drug-likeness (QED) is 0.0467. The third-order valence-electron chi connectivity index (χ3n) is 7.63. The first-order valence-corrected chi connectivity index (χ1v) is 16.3. The van der Waals surface area contributed by atoms with E-state index in [1.807, 2.05) is 5.32 Å². The van der Waals surface area contributed by atoms with E-state index in [1.54, 1.807) is 11.8 Å². The Kier molecular flexibility index (Phi) is 15.4. The number of amides is 6. The van der Waals surface area contributed by atoms with Crippen molar-refractivity contribution in [2.24, 2.45) is 5.92 Å². The van der Waals surface area contributed by atoms with Crippen molar-refractivity contribution in [1.82, 2.24) is 31.9 Å². The summed E-state index contributed by atoms with van der Waals surface area (Å²) in [5, 5.41) is 51.5. The van der Waals surface area contributed by atoms with Gasteiger partial charge < -0.3 is 52.3 Å². The van der Waals surface area contributed by atoms with Gasteiger partial charge in [0, 0.05) is 23.8 Å². The molecule has 2 saturated heterocycles. The molecule has 0 bridgehead atoms. The van der Waals surface area contributed by atoms with Gasteiger partial charge in [-0.15, -0.1) is 0 Å². The number of urea groups is 1. The van der Waals surface area contributed by atoms with Crippen LogP contribution in [-0.2, 0) is 38.4 Å². The third kappa shape index (κ3) is 12.9. The van der Waals surface area contributed by atoms with Gasteiger partial charge in [0.2, 0.25) is 23.6 Å². The number of hydrogen-bond donors (Lipinski definition) is 10. The molecule has 20 heteroatoms. The zero-order valence-corrected chi connectivity index (χ0v) is 27.2. The molecule has 10 N–H and O–H groups in total. The molecule has 0 aliphatic carbocycles. The summed E-state index contributed by atoms with van der Waals surface area (Å²) in [4.78, 5) is 109. The van der Waals surface area contributed by atoms with Gasteiger partial charge in [0.1, 0.15) is 24.2 Å². The van der Waals surface area contributed by atoms with Gasteiger partial charge in [0.05, 0.1) is 24.9 Å². The Bertz CT molecular complexity index is 1260. The maximum Gasteiger partial charge on any atom is 0.326 e. The van der Waals surface area contributed by atoms with Gasteiger partial charge in [0.25, 0.3) is 0 Å². The lowest BCUT2D eigenvalue weighted by Crippen LogP contribution is -2.59. The number of fused-ring (bicyclic) bond motifs is 1. The number of carboxylic acid groups (broad SMARTS) is 4. The maximum atomic E-state index is 13.2. The van der Waals surface area contributed by atoms with E-state index in [-0.39, 0.29) is 29.8 Å². The van der Waals surface area contributed by atoms with Crippen LogP contribution < -0.4 is 31.9 Å². The zero-order valence-electron chi connectivity index (χ0n) is 26.4. The van der Waals surface area contributed by atoms with Crippen LogP contribution in [0, 0.1) is 5.92 Å². The number of rotatable bonds is 21. The molecule has 2 fully saturated rings. The molecule has 2 rings (SSSR count). The molecular weight excluding hydrogens is 660 g/mol. The molecule has 0 aromatic heterocycles. The molecule has 2 heterocycles. The molecule has 0 radical (unpaired) electrons. The van der Waals surface area contributed by atoms with E-state index in [2.05, 4.69) is 26.6 Å². The molecule has 268 valence electrons. The van der Waals surface area contributed by atoms with Crippen LogP contribution in [0.1, 0.15) is 65.2 Å². The Hall–Kier alpha value is -4.62. The molecular formula is C28H42N6O13S. The normalized spacial score (nSPS) is 20.6. The lowest BCUT2D eigenvalue weighted by Gasteiger charge is -2.27. The summed E-state index contributed by atoms with van der Waals surface area (Å²) in [6.07, 6.45) is -1.26. The minimum absolute atomic E-state index is 0.00460. The van der Waals surface area contributed by atoms with Gasteiger partial charge >= 0.3 is 29.9 Å². The van der Waals surface area contributed by atoms with Crippen LogP contribution >= 0.6 is 11.8 Å². The lowest BCUT2D eigenvalue weighted by atomic mass is 10.0. The molecule has 19 nitrogen and oxygen atoms in total. The Balaban J connectivity index is 2.03. The van der Waals surface area contributed by atoms with Gasteiger partial charge in [-0.25, -0.2) is 9.59 Å². The second-order valence-electron chi connectivity index (χ2n) is 11.8.